The Labute approximate surface area is 179 Å². The fourth-order valence-corrected chi connectivity index (χ4v) is 3.86. The zero-order valence-electron chi connectivity index (χ0n) is 16.0. The molecule has 0 saturated carbocycles. The Balaban J connectivity index is 1.56. The molecule has 1 heterocycles. The van der Waals surface area contributed by atoms with Crippen LogP contribution in [0.3, 0.4) is 0 Å². The quantitative estimate of drug-likeness (QED) is 0.400. The second kappa shape index (κ2) is 10.0. The van der Waals surface area contributed by atoms with E-state index in [0.717, 1.165) is 23.1 Å². The van der Waals surface area contributed by atoms with Crippen LogP contribution in [0.1, 0.15) is 10.4 Å². The number of carbonyl (C=O) groups is 2. The van der Waals surface area contributed by atoms with Crippen LogP contribution in [0.15, 0.2) is 46.8 Å². The SMILES string of the molecule is COc1cc(OC)cc(C(=O)Nc2nnc(SCC(=O)Nc3cccc(F)c3)s2)c1. The summed E-state index contributed by atoms with van der Waals surface area (Å²) in [6, 6.07) is 10.4. The lowest BCUT2D eigenvalue weighted by Crippen LogP contribution is -2.13. The number of ether oxygens (including phenoxy) is 2. The first-order valence-corrected chi connectivity index (χ1v) is 10.3. The van der Waals surface area contributed by atoms with Crippen LogP contribution in [0, 0.1) is 5.82 Å². The second-order valence-corrected chi connectivity index (χ2v) is 7.98. The van der Waals surface area contributed by atoms with E-state index in [2.05, 4.69) is 20.8 Å². The maximum Gasteiger partial charge on any atom is 0.257 e. The third-order valence-electron chi connectivity index (χ3n) is 3.68. The van der Waals surface area contributed by atoms with Crippen molar-refractivity contribution >= 4 is 45.7 Å². The monoisotopic (exact) mass is 448 g/mol. The Bertz CT molecular complexity index is 1040. The molecule has 2 aromatic carbocycles. The van der Waals surface area contributed by atoms with Gasteiger partial charge in [0, 0.05) is 17.3 Å². The van der Waals surface area contributed by atoms with Crippen LogP contribution in [0.25, 0.3) is 0 Å². The van der Waals surface area contributed by atoms with Crippen molar-refractivity contribution in [2.45, 2.75) is 4.34 Å². The zero-order chi connectivity index (χ0) is 21.5. The van der Waals surface area contributed by atoms with Crippen LogP contribution in [0.4, 0.5) is 15.2 Å². The molecule has 8 nitrogen and oxygen atoms in total. The molecule has 156 valence electrons. The average molecular weight is 449 g/mol. The van der Waals surface area contributed by atoms with Gasteiger partial charge in [-0.15, -0.1) is 10.2 Å². The topological polar surface area (TPSA) is 102 Å². The van der Waals surface area contributed by atoms with Gasteiger partial charge in [0.2, 0.25) is 11.0 Å². The molecule has 0 saturated heterocycles. The lowest BCUT2D eigenvalue weighted by atomic mass is 10.2. The number of halogens is 1. The summed E-state index contributed by atoms with van der Waals surface area (Å²) in [4.78, 5) is 24.5. The van der Waals surface area contributed by atoms with Gasteiger partial charge in [0.15, 0.2) is 4.34 Å². The van der Waals surface area contributed by atoms with Crippen molar-refractivity contribution in [3.8, 4) is 11.5 Å². The maximum absolute atomic E-state index is 13.2. The van der Waals surface area contributed by atoms with Crippen LogP contribution in [0.2, 0.25) is 0 Å². The largest absolute Gasteiger partial charge is 0.497 e. The highest BCUT2D eigenvalue weighted by molar-refractivity contribution is 8.01. The molecule has 1 aromatic heterocycles. The first-order valence-electron chi connectivity index (χ1n) is 8.53. The van der Waals surface area contributed by atoms with Gasteiger partial charge < -0.3 is 14.8 Å². The number of thioether (sulfide) groups is 1. The highest BCUT2D eigenvalue weighted by Crippen LogP contribution is 2.27. The third-order valence-corrected chi connectivity index (χ3v) is 5.65. The number of hydrogen-bond acceptors (Lipinski definition) is 8. The summed E-state index contributed by atoms with van der Waals surface area (Å²) in [5.41, 5.74) is 0.713. The Morgan fingerprint density at radius 1 is 1.07 bits per heavy atom. The molecule has 2 N–H and O–H groups in total. The lowest BCUT2D eigenvalue weighted by Gasteiger charge is -2.07. The van der Waals surface area contributed by atoms with Crippen LogP contribution in [-0.4, -0.2) is 42.0 Å². The number of anilines is 2. The van der Waals surface area contributed by atoms with Crippen molar-refractivity contribution in [2.75, 3.05) is 30.6 Å². The Morgan fingerprint density at radius 3 is 2.47 bits per heavy atom. The number of nitrogens with one attached hydrogen (secondary N) is 2. The van der Waals surface area contributed by atoms with E-state index < -0.39 is 11.7 Å². The van der Waals surface area contributed by atoms with Gasteiger partial charge in [-0.2, -0.15) is 0 Å². The lowest BCUT2D eigenvalue weighted by molar-refractivity contribution is -0.113. The second-order valence-electron chi connectivity index (χ2n) is 5.78. The summed E-state index contributed by atoms with van der Waals surface area (Å²) in [7, 11) is 2.99. The van der Waals surface area contributed by atoms with E-state index in [1.165, 1.54) is 32.4 Å². The van der Waals surface area contributed by atoms with Crippen molar-refractivity contribution in [1.29, 1.82) is 0 Å². The number of hydrogen-bond donors (Lipinski definition) is 2. The molecule has 0 unspecified atom stereocenters. The highest BCUT2D eigenvalue weighted by Gasteiger charge is 2.14. The van der Waals surface area contributed by atoms with E-state index >= 15 is 0 Å². The molecule has 0 spiro atoms. The minimum absolute atomic E-state index is 0.0617. The summed E-state index contributed by atoms with van der Waals surface area (Å²) in [5.74, 6) is -0.113. The standard InChI is InChI=1S/C19H17FN4O4S2/c1-27-14-6-11(7-15(9-14)28-2)17(26)22-18-23-24-19(30-18)29-10-16(25)21-13-5-3-4-12(20)8-13/h3-9H,10H2,1-2H3,(H,21,25)(H,22,23,26). The first kappa shape index (κ1) is 21.5. The van der Waals surface area contributed by atoms with Crippen molar-refractivity contribution in [2.24, 2.45) is 0 Å². The van der Waals surface area contributed by atoms with Gasteiger partial charge in [-0.1, -0.05) is 29.2 Å². The van der Waals surface area contributed by atoms with Gasteiger partial charge in [0.1, 0.15) is 17.3 Å². The van der Waals surface area contributed by atoms with Crippen LogP contribution < -0.4 is 20.1 Å². The Hall–Kier alpha value is -3.18. The summed E-state index contributed by atoms with van der Waals surface area (Å²) in [5, 5.41) is 13.4. The van der Waals surface area contributed by atoms with Crippen LogP contribution >= 0.6 is 23.1 Å². The van der Waals surface area contributed by atoms with Gasteiger partial charge in [-0.05, 0) is 30.3 Å². The molecule has 2 amide bonds. The summed E-state index contributed by atoms with van der Waals surface area (Å²) in [6.45, 7) is 0. The number of amides is 2. The van der Waals surface area contributed by atoms with Crippen molar-refractivity contribution in [3.05, 3.63) is 53.8 Å². The van der Waals surface area contributed by atoms with E-state index in [9.17, 15) is 14.0 Å². The molecule has 0 aliphatic carbocycles. The number of methoxy groups -OCH3 is 2. The number of aromatic nitrogens is 2. The Kier molecular flexibility index (Phi) is 7.20. The smallest absolute Gasteiger partial charge is 0.257 e. The predicted molar refractivity (Wildman–Crippen MR) is 113 cm³/mol. The van der Waals surface area contributed by atoms with E-state index in [1.54, 1.807) is 24.3 Å². The van der Waals surface area contributed by atoms with Crippen LogP contribution in [-0.2, 0) is 4.79 Å². The van der Waals surface area contributed by atoms with Crippen LogP contribution in [0.5, 0.6) is 11.5 Å². The summed E-state index contributed by atoms with van der Waals surface area (Å²) < 4.78 is 24.0. The fraction of sp³-hybridized carbons (Fsp3) is 0.158. The van der Waals surface area contributed by atoms with Crippen molar-refractivity contribution < 1.29 is 23.5 Å². The molecule has 11 heteroatoms. The van der Waals surface area contributed by atoms with E-state index in [1.807, 2.05) is 0 Å². The maximum atomic E-state index is 13.2. The van der Waals surface area contributed by atoms with Gasteiger partial charge in [-0.25, -0.2) is 4.39 Å². The van der Waals surface area contributed by atoms with Gasteiger partial charge in [0.05, 0.1) is 20.0 Å². The fourth-order valence-electron chi connectivity index (χ4n) is 2.32. The number of rotatable bonds is 8. The molecule has 0 aliphatic rings. The molecule has 0 atom stereocenters. The molecule has 0 aliphatic heterocycles. The molecule has 0 fully saturated rings. The third kappa shape index (κ3) is 5.91. The van der Waals surface area contributed by atoms with Crippen molar-refractivity contribution in [1.82, 2.24) is 10.2 Å². The molecular weight excluding hydrogens is 431 g/mol. The van der Waals surface area contributed by atoms with Gasteiger partial charge in [0.25, 0.3) is 5.91 Å². The zero-order valence-corrected chi connectivity index (χ0v) is 17.6. The molecule has 3 aromatic rings. The number of carbonyl (C=O) groups excluding carboxylic acids is 2. The minimum Gasteiger partial charge on any atom is -0.497 e. The number of nitrogens with zero attached hydrogens (tertiary/aromatic N) is 2. The first-order chi connectivity index (χ1) is 14.5. The van der Waals surface area contributed by atoms with E-state index in [4.69, 9.17) is 9.47 Å². The normalized spacial score (nSPS) is 10.4. The van der Waals surface area contributed by atoms with Gasteiger partial charge >= 0.3 is 0 Å². The summed E-state index contributed by atoms with van der Waals surface area (Å²) >= 11 is 2.29. The average Bonchev–Trinajstić information content (AvgIpc) is 3.19. The molecule has 0 bridgehead atoms. The predicted octanol–water partition coefficient (Wildman–Crippen LogP) is 3.68. The minimum atomic E-state index is -0.432. The molecule has 30 heavy (non-hydrogen) atoms. The van der Waals surface area contributed by atoms with E-state index in [-0.39, 0.29) is 16.8 Å². The number of benzene rings is 2. The molecular formula is C19H17FN4O4S2. The summed E-state index contributed by atoms with van der Waals surface area (Å²) in [6.07, 6.45) is 0. The molecule has 3 rings (SSSR count). The van der Waals surface area contributed by atoms with Gasteiger partial charge in [-0.3, -0.25) is 14.9 Å². The van der Waals surface area contributed by atoms with E-state index in [0.29, 0.717) is 27.1 Å². The molecule has 0 radical (unpaired) electrons. The Morgan fingerprint density at radius 2 is 1.80 bits per heavy atom. The highest BCUT2D eigenvalue weighted by atomic mass is 32.2. The van der Waals surface area contributed by atoms with Crippen molar-refractivity contribution in [3.63, 3.8) is 0 Å².